The Kier molecular flexibility index (Phi) is 3.53. The summed E-state index contributed by atoms with van der Waals surface area (Å²) < 4.78 is 31.8. The van der Waals surface area contributed by atoms with E-state index in [1.54, 1.807) is 18.2 Å². The standard InChI is InChI=1S/C15H12N2O5S/c1-22-15-10-16(23(20,21)12-5-3-2-4-6-12)14-8-7-11(17(18)19)9-13(14)15/h2-10H,1H3. The summed E-state index contributed by atoms with van der Waals surface area (Å²) in [4.78, 5) is 10.5. The van der Waals surface area contributed by atoms with Gasteiger partial charge in [-0.15, -0.1) is 0 Å². The van der Waals surface area contributed by atoms with Crippen LogP contribution in [0.4, 0.5) is 5.69 Å². The van der Waals surface area contributed by atoms with Gasteiger partial charge in [-0.2, -0.15) is 0 Å². The van der Waals surface area contributed by atoms with Crippen LogP contribution in [0, 0.1) is 10.1 Å². The van der Waals surface area contributed by atoms with Crippen molar-refractivity contribution in [1.29, 1.82) is 0 Å². The number of hydrogen-bond acceptors (Lipinski definition) is 5. The van der Waals surface area contributed by atoms with Crippen LogP contribution >= 0.6 is 0 Å². The topological polar surface area (TPSA) is 91.4 Å². The monoisotopic (exact) mass is 332 g/mol. The number of hydrogen-bond donors (Lipinski definition) is 0. The van der Waals surface area contributed by atoms with Gasteiger partial charge >= 0.3 is 0 Å². The van der Waals surface area contributed by atoms with Gasteiger partial charge in [-0.3, -0.25) is 10.1 Å². The third kappa shape index (κ3) is 2.42. The van der Waals surface area contributed by atoms with E-state index in [9.17, 15) is 18.5 Å². The molecule has 0 aliphatic heterocycles. The van der Waals surface area contributed by atoms with Crippen molar-refractivity contribution >= 4 is 26.6 Å². The van der Waals surface area contributed by atoms with Crippen molar-refractivity contribution in [3.8, 4) is 5.75 Å². The molecule has 0 aliphatic carbocycles. The zero-order chi connectivity index (χ0) is 16.6. The van der Waals surface area contributed by atoms with Gasteiger partial charge in [-0.25, -0.2) is 12.4 Å². The largest absolute Gasteiger partial charge is 0.494 e. The predicted molar refractivity (Wildman–Crippen MR) is 84.2 cm³/mol. The van der Waals surface area contributed by atoms with Gasteiger partial charge in [-0.1, -0.05) is 18.2 Å². The molecule has 1 heterocycles. The van der Waals surface area contributed by atoms with Crippen molar-refractivity contribution in [3.63, 3.8) is 0 Å². The van der Waals surface area contributed by atoms with Gasteiger partial charge in [0.2, 0.25) is 0 Å². The maximum absolute atomic E-state index is 12.8. The van der Waals surface area contributed by atoms with Gasteiger partial charge in [0.15, 0.2) is 0 Å². The number of fused-ring (bicyclic) bond motifs is 1. The van der Waals surface area contributed by atoms with E-state index in [2.05, 4.69) is 0 Å². The van der Waals surface area contributed by atoms with Gasteiger partial charge in [-0.05, 0) is 18.2 Å². The van der Waals surface area contributed by atoms with Crippen LogP contribution in [0.2, 0.25) is 0 Å². The fraction of sp³-hybridized carbons (Fsp3) is 0.0667. The lowest BCUT2D eigenvalue weighted by Crippen LogP contribution is -2.11. The Labute approximate surface area is 131 Å². The summed E-state index contributed by atoms with van der Waals surface area (Å²) in [5.41, 5.74) is 0.182. The van der Waals surface area contributed by atoms with Crippen LogP contribution < -0.4 is 4.74 Å². The highest BCUT2D eigenvalue weighted by Gasteiger charge is 2.22. The first kappa shape index (κ1) is 15.0. The van der Waals surface area contributed by atoms with Crippen molar-refractivity contribution < 1.29 is 18.1 Å². The SMILES string of the molecule is COc1cn(S(=O)(=O)c2ccccc2)c2ccc([N+](=O)[O-])cc12. The highest BCUT2D eigenvalue weighted by atomic mass is 32.2. The average Bonchev–Trinajstić information content (AvgIpc) is 2.94. The molecule has 0 fully saturated rings. The van der Waals surface area contributed by atoms with Gasteiger partial charge in [0.1, 0.15) is 5.75 Å². The summed E-state index contributed by atoms with van der Waals surface area (Å²) in [5.74, 6) is 0.253. The molecule has 0 N–H and O–H groups in total. The van der Waals surface area contributed by atoms with Crippen LogP contribution in [-0.2, 0) is 10.0 Å². The van der Waals surface area contributed by atoms with Crippen molar-refractivity contribution in [2.45, 2.75) is 4.90 Å². The molecule has 8 heteroatoms. The highest BCUT2D eigenvalue weighted by Crippen LogP contribution is 2.33. The Bertz CT molecular complexity index is 993. The molecule has 2 aromatic carbocycles. The number of benzene rings is 2. The molecular weight excluding hydrogens is 320 g/mol. The lowest BCUT2D eigenvalue weighted by molar-refractivity contribution is -0.384. The molecule has 0 saturated heterocycles. The predicted octanol–water partition coefficient (Wildman–Crippen LogP) is 2.80. The zero-order valence-corrected chi connectivity index (χ0v) is 12.9. The van der Waals surface area contributed by atoms with Gasteiger partial charge in [0.25, 0.3) is 15.7 Å². The maximum atomic E-state index is 12.8. The number of non-ortho nitro benzene ring substituents is 1. The molecule has 0 saturated carbocycles. The molecule has 0 unspecified atom stereocenters. The number of nitrogens with zero attached hydrogens (tertiary/aromatic N) is 2. The van der Waals surface area contributed by atoms with Crippen LogP contribution in [0.3, 0.4) is 0 Å². The molecule has 0 atom stereocenters. The first-order valence-corrected chi connectivity index (χ1v) is 8.03. The van der Waals surface area contributed by atoms with Gasteiger partial charge in [0, 0.05) is 17.5 Å². The van der Waals surface area contributed by atoms with Gasteiger partial charge in [0.05, 0.1) is 28.6 Å². The first-order chi connectivity index (χ1) is 10.9. The van der Waals surface area contributed by atoms with Crippen LogP contribution in [0.15, 0.2) is 59.6 Å². The number of methoxy groups -OCH3 is 1. The van der Waals surface area contributed by atoms with E-state index in [0.717, 1.165) is 3.97 Å². The quantitative estimate of drug-likeness (QED) is 0.541. The smallest absolute Gasteiger partial charge is 0.270 e. The summed E-state index contributed by atoms with van der Waals surface area (Å²) in [6, 6.07) is 11.9. The normalized spacial score (nSPS) is 11.5. The third-order valence-corrected chi connectivity index (χ3v) is 5.14. The van der Waals surface area contributed by atoms with E-state index >= 15 is 0 Å². The summed E-state index contributed by atoms with van der Waals surface area (Å²) in [5, 5.41) is 11.3. The van der Waals surface area contributed by atoms with Crippen molar-refractivity contribution in [1.82, 2.24) is 3.97 Å². The lowest BCUT2D eigenvalue weighted by atomic mass is 10.2. The number of nitro groups is 1. The Balaban J connectivity index is 2.29. The molecule has 0 radical (unpaired) electrons. The van der Waals surface area contributed by atoms with E-state index < -0.39 is 14.9 Å². The number of ether oxygens (including phenoxy) is 1. The molecule has 0 bridgehead atoms. The molecule has 23 heavy (non-hydrogen) atoms. The summed E-state index contributed by atoms with van der Waals surface area (Å²) in [6.07, 6.45) is 1.32. The van der Waals surface area contributed by atoms with E-state index in [4.69, 9.17) is 4.74 Å². The fourth-order valence-electron chi connectivity index (χ4n) is 2.34. The van der Waals surface area contributed by atoms with E-state index in [0.29, 0.717) is 10.9 Å². The Morgan fingerprint density at radius 1 is 1.13 bits per heavy atom. The van der Waals surface area contributed by atoms with E-state index in [1.807, 2.05) is 0 Å². The van der Waals surface area contributed by atoms with Crippen LogP contribution in [-0.4, -0.2) is 24.4 Å². The minimum atomic E-state index is -3.82. The number of aromatic nitrogens is 1. The minimum absolute atomic E-state index is 0.123. The van der Waals surface area contributed by atoms with Crippen molar-refractivity contribution in [2.24, 2.45) is 0 Å². The Hall–Kier alpha value is -2.87. The molecule has 118 valence electrons. The summed E-state index contributed by atoms with van der Waals surface area (Å²) >= 11 is 0. The Morgan fingerprint density at radius 3 is 2.43 bits per heavy atom. The Morgan fingerprint density at radius 2 is 1.83 bits per heavy atom. The second-order valence-corrected chi connectivity index (χ2v) is 6.58. The second-order valence-electron chi connectivity index (χ2n) is 4.77. The third-order valence-electron chi connectivity index (χ3n) is 3.45. The molecule has 1 aromatic heterocycles. The van der Waals surface area contributed by atoms with Gasteiger partial charge < -0.3 is 4.74 Å². The molecule has 3 rings (SSSR count). The molecule has 3 aromatic rings. The number of rotatable bonds is 4. The summed E-state index contributed by atoms with van der Waals surface area (Å²) in [6.45, 7) is 0. The van der Waals surface area contributed by atoms with Crippen molar-refractivity contribution in [2.75, 3.05) is 7.11 Å². The molecule has 7 nitrogen and oxygen atoms in total. The van der Waals surface area contributed by atoms with E-state index in [1.165, 1.54) is 43.6 Å². The summed E-state index contributed by atoms with van der Waals surface area (Å²) in [7, 11) is -2.44. The molecular formula is C15H12N2O5S. The average molecular weight is 332 g/mol. The van der Waals surface area contributed by atoms with Crippen LogP contribution in [0.1, 0.15) is 0 Å². The van der Waals surface area contributed by atoms with E-state index in [-0.39, 0.29) is 16.3 Å². The number of nitro benzene ring substituents is 1. The molecule has 0 aliphatic rings. The first-order valence-electron chi connectivity index (χ1n) is 6.59. The van der Waals surface area contributed by atoms with Crippen LogP contribution in [0.25, 0.3) is 10.9 Å². The van der Waals surface area contributed by atoms with Crippen molar-refractivity contribution in [3.05, 3.63) is 64.8 Å². The van der Waals surface area contributed by atoms with Crippen LogP contribution in [0.5, 0.6) is 5.75 Å². The minimum Gasteiger partial charge on any atom is -0.494 e. The lowest BCUT2D eigenvalue weighted by Gasteiger charge is -2.06. The molecule has 0 spiro atoms. The molecule has 0 amide bonds. The fourth-order valence-corrected chi connectivity index (χ4v) is 3.72. The maximum Gasteiger partial charge on any atom is 0.270 e. The highest BCUT2D eigenvalue weighted by molar-refractivity contribution is 7.90. The second kappa shape index (κ2) is 5.40. The zero-order valence-electron chi connectivity index (χ0n) is 12.0.